The van der Waals surface area contributed by atoms with Gasteiger partial charge in [0.05, 0.1) is 12.7 Å². The van der Waals surface area contributed by atoms with E-state index in [9.17, 15) is 19.2 Å². The molecular weight excluding hydrogens is 324 g/mol. The van der Waals surface area contributed by atoms with Crippen LogP contribution in [0.15, 0.2) is 36.4 Å². The minimum absolute atomic E-state index is 0.100. The van der Waals surface area contributed by atoms with Crippen molar-refractivity contribution in [3.8, 4) is 11.1 Å². The molecule has 2 rings (SSSR count). The second-order valence-corrected chi connectivity index (χ2v) is 4.86. The lowest BCUT2D eigenvalue weighted by Crippen LogP contribution is -2.06. The number of hydrogen-bond donors (Lipinski definition) is 0. The molecule has 0 heterocycles. The fourth-order valence-electron chi connectivity index (χ4n) is 2.18. The second kappa shape index (κ2) is 9.89. The largest absolute Gasteiger partial charge is 0.465 e. The number of ether oxygens (including phenoxy) is 2. The molecule has 0 bridgehead atoms. The first-order chi connectivity index (χ1) is 12.1. The minimum Gasteiger partial charge on any atom is -0.465 e. The molecule has 2 aromatic rings. The van der Waals surface area contributed by atoms with Crippen molar-refractivity contribution in [1.82, 2.24) is 0 Å². The Balaban J connectivity index is 0.000000970. The molecule has 0 aliphatic carbocycles. The van der Waals surface area contributed by atoms with E-state index in [-0.39, 0.29) is 22.3 Å². The summed E-state index contributed by atoms with van der Waals surface area (Å²) in [6.07, 6.45) is 1.73. The molecule has 0 saturated heterocycles. The highest BCUT2D eigenvalue weighted by Gasteiger charge is 2.15. The van der Waals surface area contributed by atoms with Crippen LogP contribution >= 0.6 is 0 Å². The zero-order valence-electron chi connectivity index (χ0n) is 14.1. The zero-order chi connectivity index (χ0) is 18.8. The van der Waals surface area contributed by atoms with Gasteiger partial charge in [0.25, 0.3) is 0 Å². The quantitative estimate of drug-likeness (QED) is 0.613. The van der Waals surface area contributed by atoms with Gasteiger partial charge in [0.2, 0.25) is 0 Å². The Bertz CT molecular complexity index is 779. The number of benzene rings is 2. The highest BCUT2D eigenvalue weighted by Crippen LogP contribution is 2.27. The van der Waals surface area contributed by atoms with Crippen molar-refractivity contribution in [2.75, 3.05) is 21.3 Å². The SMILES string of the molecule is COC.COC(=O)c1cc(-c2cccc(C=O)c2C=O)ccc1C=O. The average molecular weight is 342 g/mol. The monoisotopic (exact) mass is 342 g/mol. The molecule has 0 aliphatic heterocycles. The molecule has 0 amide bonds. The summed E-state index contributed by atoms with van der Waals surface area (Å²) in [6, 6.07) is 9.36. The Morgan fingerprint density at radius 2 is 1.52 bits per heavy atom. The fourth-order valence-corrected chi connectivity index (χ4v) is 2.18. The zero-order valence-corrected chi connectivity index (χ0v) is 14.1. The van der Waals surface area contributed by atoms with Gasteiger partial charge in [-0.1, -0.05) is 30.3 Å². The molecule has 0 saturated carbocycles. The molecule has 25 heavy (non-hydrogen) atoms. The van der Waals surface area contributed by atoms with E-state index in [1.807, 2.05) is 0 Å². The molecule has 0 spiro atoms. The first-order valence-corrected chi connectivity index (χ1v) is 7.19. The minimum atomic E-state index is -0.650. The Kier molecular flexibility index (Phi) is 7.89. The van der Waals surface area contributed by atoms with Crippen molar-refractivity contribution >= 4 is 24.8 Å². The van der Waals surface area contributed by atoms with Crippen LogP contribution in [0.3, 0.4) is 0 Å². The molecule has 0 radical (unpaired) electrons. The van der Waals surface area contributed by atoms with Crippen LogP contribution in [0.1, 0.15) is 41.4 Å². The van der Waals surface area contributed by atoms with Crippen LogP contribution in [-0.4, -0.2) is 46.2 Å². The van der Waals surface area contributed by atoms with Crippen LogP contribution in [-0.2, 0) is 9.47 Å². The lowest BCUT2D eigenvalue weighted by Gasteiger charge is -2.10. The summed E-state index contributed by atoms with van der Waals surface area (Å²) in [4.78, 5) is 45.0. The first kappa shape index (κ1) is 19.9. The Morgan fingerprint density at radius 3 is 2.04 bits per heavy atom. The molecular formula is C19H18O6. The van der Waals surface area contributed by atoms with Crippen LogP contribution in [0.2, 0.25) is 0 Å². The van der Waals surface area contributed by atoms with E-state index in [1.54, 1.807) is 32.4 Å². The van der Waals surface area contributed by atoms with Crippen LogP contribution in [0.4, 0.5) is 0 Å². The van der Waals surface area contributed by atoms with Gasteiger partial charge in [0.15, 0.2) is 18.9 Å². The van der Waals surface area contributed by atoms with Gasteiger partial charge < -0.3 is 9.47 Å². The van der Waals surface area contributed by atoms with Crippen LogP contribution in [0.25, 0.3) is 11.1 Å². The van der Waals surface area contributed by atoms with Gasteiger partial charge in [-0.05, 0) is 17.2 Å². The van der Waals surface area contributed by atoms with E-state index in [2.05, 4.69) is 9.47 Å². The molecule has 0 fully saturated rings. The van der Waals surface area contributed by atoms with Crippen molar-refractivity contribution in [2.24, 2.45) is 0 Å². The maximum atomic E-state index is 11.7. The maximum absolute atomic E-state index is 11.7. The predicted molar refractivity (Wildman–Crippen MR) is 92.3 cm³/mol. The molecule has 0 aliphatic rings. The standard InChI is InChI=1S/C17H12O5.C2H6O/c1-22-17(21)15-7-11(5-6-13(15)9-19)14-4-2-3-12(8-18)16(14)10-20;1-3-2/h2-10H,1H3;1-2H3. The van der Waals surface area contributed by atoms with Gasteiger partial charge in [0.1, 0.15) is 0 Å². The molecule has 0 N–H and O–H groups in total. The van der Waals surface area contributed by atoms with Crippen molar-refractivity contribution in [1.29, 1.82) is 0 Å². The molecule has 130 valence electrons. The van der Waals surface area contributed by atoms with Crippen LogP contribution in [0.5, 0.6) is 0 Å². The van der Waals surface area contributed by atoms with Gasteiger partial charge in [-0.3, -0.25) is 14.4 Å². The number of methoxy groups -OCH3 is 2. The third-order valence-corrected chi connectivity index (χ3v) is 3.28. The summed E-state index contributed by atoms with van der Waals surface area (Å²) >= 11 is 0. The van der Waals surface area contributed by atoms with Gasteiger partial charge >= 0.3 is 5.97 Å². The van der Waals surface area contributed by atoms with Crippen LogP contribution < -0.4 is 0 Å². The van der Waals surface area contributed by atoms with E-state index in [0.29, 0.717) is 30.0 Å². The van der Waals surface area contributed by atoms with E-state index < -0.39 is 5.97 Å². The third kappa shape index (κ3) is 4.68. The summed E-state index contributed by atoms with van der Waals surface area (Å²) in [6.45, 7) is 0. The fraction of sp³-hybridized carbons (Fsp3) is 0.158. The van der Waals surface area contributed by atoms with Crippen molar-refractivity contribution in [3.05, 3.63) is 58.7 Å². The highest BCUT2D eigenvalue weighted by molar-refractivity contribution is 6.01. The number of esters is 1. The molecule has 6 heteroatoms. The maximum Gasteiger partial charge on any atom is 0.338 e. The number of carbonyl (C=O) groups is 4. The summed E-state index contributed by atoms with van der Waals surface area (Å²) in [7, 11) is 4.47. The van der Waals surface area contributed by atoms with Crippen LogP contribution in [0, 0.1) is 0 Å². The van der Waals surface area contributed by atoms with Crippen molar-refractivity contribution in [2.45, 2.75) is 0 Å². The second-order valence-electron chi connectivity index (χ2n) is 4.86. The summed E-state index contributed by atoms with van der Waals surface area (Å²) < 4.78 is 8.90. The van der Waals surface area contributed by atoms with Crippen molar-refractivity contribution in [3.63, 3.8) is 0 Å². The van der Waals surface area contributed by atoms with E-state index in [0.717, 1.165) is 0 Å². The number of hydrogen-bond acceptors (Lipinski definition) is 6. The topological polar surface area (TPSA) is 86.7 Å². The van der Waals surface area contributed by atoms with Gasteiger partial charge in [-0.2, -0.15) is 0 Å². The summed E-state index contributed by atoms with van der Waals surface area (Å²) in [5, 5.41) is 0. The average Bonchev–Trinajstić information content (AvgIpc) is 2.66. The summed E-state index contributed by atoms with van der Waals surface area (Å²) in [5.41, 5.74) is 1.82. The van der Waals surface area contributed by atoms with Gasteiger partial charge in [0, 0.05) is 30.9 Å². The van der Waals surface area contributed by atoms with E-state index in [4.69, 9.17) is 0 Å². The molecule has 0 unspecified atom stereocenters. The first-order valence-electron chi connectivity index (χ1n) is 7.19. The Hall–Kier alpha value is -3.12. The highest BCUT2D eigenvalue weighted by atomic mass is 16.5. The van der Waals surface area contributed by atoms with Gasteiger partial charge in [-0.25, -0.2) is 4.79 Å². The lowest BCUT2D eigenvalue weighted by atomic mass is 9.94. The van der Waals surface area contributed by atoms with E-state index in [1.165, 1.54) is 25.3 Å². The molecule has 6 nitrogen and oxygen atoms in total. The van der Waals surface area contributed by atoms with Gasteiger partial charge in [-0.15, -0.1) is 0 Å². The molecule has 0 atom stereocenters. The number of carbonyl (C=O) groups excluding carboxylic acids is 4. The normalized spacial score (nSPS) is 9.40. The summed E-state index contributed by atoms with van der Waals surface area (Å²) in [5.74, 6) is -0.650. The molecule has 2 aromatic carbocycles. The Labute approximate surface area is 145 Å². The molecule has 0 aromatic heterocycles. The Morgan fingerprint density at radius 1 is 0.880 bits per heavy atom. The van der Waals surface area contributed by atoms with E-state index >= 15 is 0 Å². The van der Waals surface area contributed by atoms with Crippen molar-refractivity contribution < 1.29 is 28.7 Å². The number of aldehydes is 3. The lowest BCUT2D eigenvalue weighted by molar-refractivity contribution is 0.0598. The predicted octanol–water partition coefficient (Wildman–Crippen LogP) is 2.84. The third-order valence-electron chi connectivity index (χ3n) is 3.28. The number of rotatable bonds is 5. The smallest absolute Gasteiger partial charge is 0.338 e.